The molecule has 2 aliphatic heterocycles. The largest absolute Gasteiger partial charge is 0.569 e. The second-order valence-corrected chi connectivity index (χ2v) is 31.6. The first kappa shape index (κ1) is 105. The zero-order valence-corrected chi connectivity index (χ0v) is 77.1. The minimum atomic E-state index is -4.59. The van der Waals surface area contributed by atoms with E-state index in [-0.39, 0.29) is 69.5 Å². The number of nitrogens with zero attached hydrogens (tertiary/aromatic N) is 13. The van der Waals surface area contributed by atoms with Gasteiger partial charge in [-0.25, -0.2) is 39.5 Å². The molecule has 1 radical (unpaired) electrons. The molecule has 139 heavy (non-hydrogen) atoms. The monoisotopic (exact) mass is 1920 g/mol. The van der Waals surface area contributed by atoms with Crippen LogP contribution >= 0.6 is 11.8 Å². The first-order valence-electron chi connectivity index (χ1n) is 41.8. The Bertz CT molecular complexity index is 6920. The van der Waals surface area contributed by atoms with Crippen molar-refractivity contribution in [1.29, 1.82) is 0 Å². The molecule has 14 aromatic rings. The summed E-state index contributed by atoms with van der Waals surface area (Å²) in [5.74, 6) is -0.681. The summed E-state index contributed by atoms with van der Waals surface area (Å²) in [5, 5.41) is 14.0. The maximum atomic E-state index is 13.6. The van der Waals surface area contributed by atoms with Crippen LogP contribution in [-0.4, -0.2) is 138 Å². The highest BCUT2D eigenvalue weighted by Crippen LogP contribution is 2.37. The van der Waals surface area contributed by atoms with Crippen molar-refractivity contribution in [3.63, 3.8) is 0 Å². The van der Waals surface area contributed by atoms with E-state index < -0.39 is 47.0 Å². The van der Waals surface area contributed by atoms with Gasteiger partial charge in [-0.2, -0.15) is 39.5 Å². The Morgan fingerprint density at radius 1 is 0.489 bits per heavy atom. The van der Waals surface area contributed by atoms with Crippen LogP contribution in [0.2, 0.25) is 0 Å². The number of pyridine rings is 2. The maximum Gasteiger partial charge on any atom is 0.569 e. The number of aliphatic imine (C=N–C) groups is 2. The van der Waals surface area contributed by atoms with E-state index in [1.165, 1.54) is 120 Å². The molecule has 9 heterocycles. The fraction of sp³-hybridized carbons (Fsp3) is 0.182. The van der Waals surface area contributed by atoms with Gasteiger partial charge in [0.1, 0.15) is 11.6 Å². The molecule has 0 aliphatic carbocycles. The number of hydrogen-bond acceptors (Lipinski definition) is 24. The SMILES string of the molecule is COC(=O)c1ccc(C)c(CC2=NC=CC(=O)C2)c1.COC(=O)c1ccc(C)c(N)c1.CSc1nccc(=O)[nH]1.Cc1cn(-c2cc(N)cc(C(F)(F)F)c2)cn1.Cc1cn(-c2cc(NC(=O)c3ccc(C)c(CC4=NC=CC(=O)C4)c3)cc(C(F)(F)F)c2)cn1.Cc1cn(-c2cc(NC(=O)c3ccc(C)c(Cc4nccc(-c5cccnc5)n4)c3)cc(C(F)(F)F)c2)cn1.O[B]Oc1cccnc1. The van der Waals surface area contributed by atoms with Crippen LogP contribution in [0, 0.1) is 48.5 Å². The van der Waals surface area contributed by atoms with Gasteiger partial charge in [0.05, 0.1) is 90.0 Å². The summed E-state index contributed by atoms with van der Waals surface area (Å²) in [6, 6.07) is 41.2. The van der Waals surface area contributed by atoms with Gasteiger partial charge >= 0.3 is 38.2 Å². The fourth-order valence-corrected chi connectivity index (χ4v) is 13.4. The lowest BCUT2D eigenvalue weighted by atomic mass is 9.97. The van der Waals surface area contributed by atoms with Gasteiger partial charge in [-0.1, -0.05) is 36.0 Å². The molecule has 16 rings (SSSR count). The summed E-state index contributed by atoms with van der Waals surface area (Å²) in [5.41, 5.74) is 23.2. The molecule has 2 amide bonds. The van der Waals surface area contributed by atoms with Crippen LogP contribution in [0.25, 0.3) is 28.3 Å². The topological polar surface area (TPSA) is 402 Å². The lowest BCUT2D eigenvalue weighted by molar-refractivity contribution is -0.138. The van der Waals surface area contributed by atoms with Crippen LogP contribution in [0.1, 0.15) is 133 Å². The number of aryl methyl sites for hydroxylation is 7. The number of aromatic amines is 1. The van der Waals surface area contributed by atoms with E-state index in [9.17, 15) is 73.1 Å². The van der Waals surface area contributed by atoms with E-state index in [1.54, 1.807) is 149 Å². The van der Waals surface area contributed by atoms with E-state index in [1.807, 2.05) is 52.1 Å². The lowest BCUT2D eigenvalue weighted by Gasteiger charge is -2.14. The number of halogens is 9. The number of hydrogen-bond donors (Lipinski definition) is 6. The van der Waals surface area contributed by atoms with Crippen molar-refractivity contribution >= 4 is 88.9 Å². The van der Waals surface area contributed by atoms with Crippen molar-refractivity contribution < 1.29 is 87.4 Å². The molecule has 8 N–H and O–H groups in total. The van der Waals surface area contributed by atoms with Crippen LogP contribution in [0.4, 0.5) is 62.3 Å². The van der Waals surface area contributed by atoms with Crippen LogP contribution in [0.5, 0.6) is 5.75 Å². The Morgan fingerprint density at radius 2 is 0.921 bits per heavy atom. The predicted molar refractivity (Wildman–Crippen MR) is 509 cm³/mol. The number of benzene rings is 7. The Balaban J connectivity index is 0.000000179. The van der Waals surface area contributed by atoms with E-state index in [2.05, 4.69) is 74.9 Å². The van der Waals surface area contributed by atoms with E-state index in [4.69, 9.17) is 21.2 Å². The highest BCUT2D eigenvalue weighted by atomic mass is 32.2. The number of carbonyl (C=O) groups excluding carboxylic acids is 6. The molecule has 29 nitrogen and oxygen atoms in total. The zero-order valence-electron chi connectivity index (χ0n) is 76.2. The minimum Gasteiger partial charge on any atom is -0.536 e. The van der Waals surface area contributed by atoms with E-state index in [0.29, 0.717) is 95.3 Å². The van der Waals surface area contributed by atoms with E-state index >= 15 is 0 Å². The number of methoxy groups -OCH3 is 2. The molecule has 0 saturated heterocycles. The molecule has 0 atom stereocenters. The molecule has 7 aromatic carbocycles. The number of H-pyrrole nitrogens is 1. The van der Waals surface area contributed by atoms with Crippen molar-refractivity contribution in [3.05, 3.63) is 374 Å². The second kappa shape index (κ2) is 48.7. The van der Waals surface area contributed by atoms with Crippen molar-refractivity contribution in [2.75, 3.05) is 42.6 Å². The summed E-state index contributed by atoms with van der Waals surface area (Å²) >= 11 is 1.42. The number of nitrogens with two attached hydrogens (primary N) is 2. The molecule has 2 aliphatic rings. The van der Waals surface area contributed by atoms with Crippen molar-refractivity contribution in [1.82, 2.24) is 58.6 Å². The van der Waals surface area contributed by atoms with Gasteiger partial charge in [0.25, 0.3) is 17.4 Å². The maximum absolute atomic E-state index is 13.6. The molecule has 0 bridgehead atoms. The number of ketones is 2. The third-order valence-corrected chi connectivity index (χ3v) is 20.8. The summed E-state index contributed by atoms with van der Waals surface area (Å²) < 4.78 is 137. The number of aromatic nitrogens is 12. The number of esters is 2. The zero-order chi connectivity index (χ0) is 101. The smallest absolute Gasteiger partial charge is 0.536 e. The number of ether oxygens (including phenoxy) is 2. The van der Waals surface area contributed by atoms with Gasteiger partial charge in [-0.05, 0) is 239 Å². The van der Waals surface area contributed by atoms with Crippen molar-refractivity contribution in [2.24, 2.45) is 9.98 Å². The standard InChI is InChI=1S/C29H23F3N6O.C25H21F3N4O2.C15H15NO3.C11H10F3N3.C9H11NO2.C5H5BNO2.C5H6N2OS/c1-18-5-6-20(10-22(18)11-27-34-9-7-26(37-27)21-4-3-8-33-15-21)28(39)36-24-12-23(29(30,31)32)13-25(14-24)38-16-19(2)35-17-38;1-15-3-4-17(7-18(15)8-20-12-23(33)5-6-29-20)24(34)31-21-9-19(25(26,27)28)10-22(11-21)32-13-16(2)30-14-32;1-10-3-4-11(15(18)19-2)7-12(10)8-13-9-14(17)5-6-16-13;1-7-5-17(6-16-7)10-3-8(11(12,13)14)2-9(15)4-10;1-6-3-4-7(5-8(6)10)9(11)12-2;8-6-9-5-2-1-3-7-4-5;1-9-5-6-3-2-4(8)7-5/h3-10,12-17H,11H2,1-2H3,(H,36,39);3-7,9-11,13-14H,8,12H2,1-2H3,(H,31,34);3-7H,8-9H2,1-2H3;2-6H,15H2,1H3;3-5H,10H2,1-2H3;1-4,8H;2-3H,1H3,(H,6,7,8). The summed E-state index contributed by atoms with van der Waals surface area (Å²) in [6.07, 6.45) is 14.9. The number of nitrogen functional groups attached to an aromatic ring is 2. The lowest BCUT2D eigenvalue weighted by Crippen LogP contribution is -2.16. The number of allylic oxidation sites excluding steroid dienone is 2. The Hall–Kier alpha value is -16.4. The normalized spacial score (nSPS) is 11.9. The average molecular weight is 1920 g/mol. The van der Waals surface area contributed by atoms with Crippen LogP contribution in [-0.2, 0) is 56.9 Å². The summed E-state index contributed by atoms with van der Waals surface area (Å²) in [4.78, 5) is 126. The molecule has 0 unspecified atom stereocenters. The number of thioether (sulfide) groups is 1. The fourth-order valence-electron chi connectivity index (χ4n) is 13.0. The number of amides is 2. The minimum absolute atomic E-state index is 0.00990. The van der Waals surface area contributed by atoms with Gasteiger partial charge < -0.3 is 59.9 Å². The Labute approximate surface area is 796 Å². The van der Waals surface area contributed by atoms with Crippen LogP contribution in [0.15, 0.2) is 283 Å². The predicted octanol–water partition coefficient (Wildman–Crippen LogP) is 18.3. The third kappa shape index (κ3) is 31.9. The summed E-state index contributed by atoms with van der Waals surface area (Å²) in [6.45, 7) is 12.9. The van der Waals surface area contributed by atoms with Gasteiger partial charge in [0, 0.05) is 168 Å². The molecule has 0 fully saturated rings. The molecule has 0 spiro atoms. The number of rotatable bonds is 19. The number of nitrogens with one attached hydrogen (secondary N) is 3. The quantitative estimate of drug-likeness (QED) is 0.0109. The van der Waals surface area contributed by atoms with Crippen molar-refractivity contribution in [3.8, 4) is 34.1 Å². The third-order valence-electron chi connectivity index (χ3n) is 20.3. The highest BCUT2D eigenvalue weighted by Gasteiger charge is 2.34. The number of anilines is 4. The molecule has 7 aromatic heterocycles. The van der Waals surface area contributed by atoms with Crippen LogP contribution < -0.4 is 32.3 Å². The van der Waals surface area contributed by atoms with Crippen molar-refractivity contribution in [2.45, 2.75) is 104 Å². The van der Waals surface area contributed by atoms with E-state index in [0.717, 1.165) is 98.0 Å². The van der Waals surface area contributed by atoms with Gasteiger partial charge in [0.15, 0.2) is 16.7 Å². The number of carbonyl (C=O) groups is 6. The number of imidazole rings is 3. The van der Waals surface area contributed by atoms with Gasteiger partial charge in [-0.15, -0.1) is 0 Å². The molecule has 715 valence electrons. The van der Waals surface area contributed by atoms with Gasteiger partial charge in [0.2, 0.25) is 0 Å². The molecular formula is C99H91BF9N18O11S. The highest BCUT2D eigenvalue weighted by molar-refractivity contribution is 7.98. The number of alkyl halides is 9. The Morgan fingerprint density at radius 3 is 1.32 bits per heavy atom. The molecule has 0 saturated carbocycles. The molecule has 40 heteroatoms. The average Bonchev–Trinajstić information content (AvgIpc) is 1.79. The first-order valence-corrected chi connectivity index (χ1v) is 43.1. The molecular weight excluding hydrogens is 1830 g/mol. The van der Waals surface area contributed by atoms with Gasteiger partial charge in [-0.3, -0.25) is 43.9 Å². The Kier molecular flexibility index (Phi) is 36.7. The summed E-state index contributed by atoms with van der Waals surface area (Å²) in [7, 11) is 3.33. The first-order chi connectivity index (χ1) is 66.1. The van der Waals surface area contributed by atoms with Crippen LogP contribution in [0.3, 0.4) is 0 Å². The second-order valence-electron chi connectivity index (χ2n) is 30.8.